The Kier molecular flexibility index (Phi) is 6.57. The van der Waals surface area contributed by atoms with Crippen molar-refractivity contribution in [1.82, 2.24) is 4.98 Å². The van der Waals surface area contributed by atoms with Crippen molar-refractivity contribution >= 4 is 39.1 Å². The Balaban J connectivity index is 1.42. The van der Waals surface area contributed by atoms with Crippen LogP contribution in [-0.4, -0.2) is 36.7 Å². The summed E-state index contributed by atoms with van der Waals surface area (Å²) in [6.07, 6.45) is -0.944. The summed E-state index contributed by atoms with van der Waals surface area (Å²) in [5.74, 6) is -0.356. The summed E-state index contributed by atoms with van der Waals surface area (Å²) in [7, 11) is 1.56. The van der Waals surface area contributed by atoms with E-state index in [2.05, 4.69) is 10.3 Å². The molecule has 1 heterocycles. The summed E-state index contributed by atoms with van der Waals surface area (Å²) in [6.45, 7) is 1.46. The lowest BCUT2D eigenvalue weighted by atomic mass is 10.3. The highest BCUT2D eigenvalue weighted by molar-refractivity contribution is 7.18. The van der Waals surface area contributed by atoms with Gasteiger partial charge >= 0.3 is 5.97 Å². The fraction of sp³-hybridized carbons (Fsp3) is 0.250. The van der Waals surface area contributed by atoms with Gasteiger partial charge in [-0.25, -0.2) is 9.78 Å². The van der Waals surface area contributed by atoms with Crippen molar-refractivity contribution in [2.24, 2.45) is 0 Å². The van der Waals surface area contributed by atoms with E-state index < -0.39 is 18.0 Å². The zero-order valence-electron chi connectivity index (χ0n) is 15.5. The van der Waals surface area contributed by atoms with Gasteiger partial charge in [-0.2, -0.15) is 0 Å². The first-order valence-electron chi connectivity index (χ1n) is 8.62. The number of carbonyl (C=O) groups excluding carboxylic acids is 2. The molecular formula is C20H20N2O5S. The second-order valence-corrected chi connectivity index (χ2v) is 7.03. The zero-order valence-corrected chi connectivity index (χ0v) is 16.3. The number of ether oxygens (including phenoxy) is 3. The van der Waals surface area contributed by atoms with E-state index in [0.29, 0.717) is 11.4 Å². The SMILES string of the molecule is COc1ccc(NC(=O)[C@@H](C)OC(=O)COCc2nc3ccccc3s2)cc1. The molecule has 0 fully saturated rings. The summed E-state index contributed by atoms with van der Waals surface area (Å²) < 4.78 is 16.6. The van der Waals surface area contributed by atoms with Crippen LogP contribution in [0.2, 0.25) is 0 Å². The van der Waals surface area contributed by atoms with Crippen molar-refractivity contribution in [3.8, 4) is 5.75 Å². The molecular weight excluding hydrogens is 380 g/mol. The number of hydrogen-bond acceptors (Lipinski definition) is 7. The maximum atomic E-state index is 12.1. The summed E-state index contributed by atoms with van der Waals surface area (Å²) in [5, 5.41) is 3.45. The number of methoxy groups -OCH3 is 1. The van der Waals surface area contributed by atoms with Gasteiger partial charge in [0, 0.05) is 5.69 Å². The van der Waals surface area contributed by atoms with Gasteiger partial charge in [0.25, 0.3) is 5.91 Å². The van der Waals surface area contributed by atoms with Gasteiger partial charge in [0.2, 0.25) is 0 Å². The second kappa shape index (κ2) is 9.29. The predicted octanol–water partition coefficient (Wildman–Crippen LogP) is 3.39. The molecule has 1 atom stereocenters. The molecule has 0 radical (unpaired) electrons. The van der Waals surface area contributed by atoms with Gasteiger partial charge in [-0.3, -0.25) is 4.79 Å². The largest absolute Gasteiger partial charge is 0.497 e. The smallest absolute Gasteiger partial charge is 0.332 e. The lowest BCUT2D eigenvalue weighted by Crippen LogP contribution is -2.31. The van der Waals surface area contributed by atoms with E-state index in [1.807, 2.05) is 24.3 Å². The molecule has 3 aromatic rings. The van der Waals surface area contributed by atoms with Crippen LogP contribution in [-0.2, 0) is 25.7 Å². The Morgan fingerprint density at radius 3 is 2.61 bits per heavy atom. The number of nitrogens with zero attached hydrogens (tertiary/aromatic N) is 1. The number of benzene rings is 2. The van der Waals surface area contributed by atoms with E-state index in [0.717, 1.165) is 15.2 Å². The van der Waals surface area contributed by atoms with Crippen LogP contribution in [0, 0.1) is 0 Å². The zero-order chi connectivity index (χ0) is 19.9. The quantitative estimate of drug-likeness (QED) is 0.583. The van der Waals surface area contributed by atoms with Crippen LogP contribution in [0.3, 0.4) is 0 Å². The molecule has 0 unspecified atom stereocenters. The monoisotopic (exact) mass is 400 g/mol. The predicted molar refractivity (Wildman–Crippen MR) is 106 cm³/mol. The van der Waals surface area contributed by atoms with Gasteiger partial charge < -0.3 is 19.5 Å². The summed E-state index contributed by atoms with van der Waals surface area (Å²) in [6, 6.07) is 14.6. The van der Waals surface area contributed by atoms with Crippen molar-refractivity contribution in [1.29, 1.82) is 0 Å². The summed E-state index contributed by atoms with van der Waals surface area (Å²) in [4.78, 5) is 28.5. The highest BCUT2D eigenvalue weighted by Crippen LogP contribution is 2.22. The maximum Gasteiger partial charge on any atom is 0.332 e. The number of para-hydroxylation sites is 1. The van der Waals surface area contributed by atoms with E-state index in [-0.39, 0.29) is 13.2 Å². The summed E-state index contributed by atoms with van der Waals surface area (Å²) >= 11 is 1.51. The highest BCUT2D eigenvalue weighted by Gasteiger charge is 2.18. The first kappa shape index (κ1) is 19.8. The average molecular weight is 400 g/mol. The Hall–Kier alpha value is -2.97. The normalized spacial score (nSPS) is 11.8. The number of nitrogens with one attached hydrogen (secondary N) is 1. The van der Waals surface area contributed by atoms with Crippen molar-refractivity contribution in [2.45, 2.75) is 19.6 Å². The Bertz CT molecular complexity index is 922. The number of esters is 1. The van der Waals surface area contributed by atoms with Crippen LogP contribution >= 0.6 is 11.3 Å². The van der Waals surface area contributed by atoms with E-state index in [1.54, 1.807) is 31.4 Å². The molecule has 1 aromatic heterocycles. The van der Waals surface area contributed by atoms with Crippen molar-refractivity contribution in [2.75, 3.05) is 19.0 Å². The average Bonchev–Trinajstić information content (AvgIpc) is 3.11. The molecule has 0 saturated carbocycles. The third kappa shape index (κ3) is 5.28. The van der Waals surface area contributed by atoms with E-state index >= 15 is 0 Å². The van der Waals surface area contributed by atoms with Crippen LogP contribution in [0.25, 0.3) is 10.2 Å². The molecule has 28 heavy (non-hydrogen) atoms. The number of carbonyl (C=O) groups is 2. The topological polar surface area (TPSA) is 86.8 Å². The third-order valence-corrected chi connectivity index (χ3v) is 4.83. The lowest BCUT2D eigenvalue weighted by Gasteiger charge is -2.13. The molecule has 0 saturated heterocycles. The highest BCUT2D eigenvalue weighted by atomic mass is 32.1. The first-order valence-corrected chi connectivity index (χ1v) is 9.43. The fourth-order valence-corrected chi connectivity index (χ4v) is 3.31. The van der Waals surface area contributed by atoms with Crippen molar-refractivity contribution < 1.29 is 23.8 Å². The van der Waals surface area contributed by atoms with E-state index in [9.17, 15) is 9.59 Å². The molecule has 0 bridgehead atoms. The minimum atomic E-state index is -0.944. The van der Waals surface area contributed by atoms with Crippen LogP contribution in [0.1, 0.15) is 11.9 Å². The van der Waals surface area contributed by atoms with Crippen LogP contribution in [0.4, 0.5) is 5.69 Å². The Morgan fingerprint density at radius 1 is 1.14 bits per heavy atom. The van der Waals surface area contributed by atoms with Crippen LogP contribution in [0.5, 0.6) is 5.75 Å². The number of thiazole rings is 1. The second-order valence-electron chi connectivity index (χ2n) is 5.92. The minimum Gasteiger partial charge on any atom is -0.497 e. The van der Waals surface area contributed by atoms with Gasteiger partial charge in [-0.1, -0.05) is 12.1 Å². The molecule has 3 rings (SSSR count). The third-order valence-electron chi connectivity index (χ3n) is 3.82. The van der Waals surface area contributed by atoms with Gasteiger partial charge in [-0.05, 0) is 43.3 Å². The van der Waals surface area contributed by atoms with Gasteiger partial charge in [-0.15, -0.1) is 11.3 Å². The molecule has 8 heteroatoms. The fourth-order valence-electron chi connectivity index (χ4n) is 2.41. The molecule has 0 aliphatic carbocycles. The van der Waals surface area contributed by atoms with Crippen molar-refractivity contribution in [3.63, 3.8) is 0 Å². The van der Waals surface area contributed by atoms with E-state index in [1.165, 1.54) is 18.3 Å². The standard InChI is InChI=1S/C20H20N2O5S/c1-13(20(24)21-14-7-9-15(25-2)10-8-14)27-19(23)12-26-11-18-22-16-5-3-4-6-17(16)28-18/h3-10,13H,11-12H2,1-2H3,(H,21,24)/t13-/m1/s1. The molecule has 0 aliphatic rings. The molecule has 1 N–H and O–H groups in total. The Labute approximate surface area is 166 Å². The number of hydrogen-bond donors (Lipinski definition) is 1. The Morgan fingerprint density at radius 2 is 1.89 bits per heavy atom. The summed E-state index contributed by atoms with van der Waals surface area (Å²) in [5.41, 5.74) is 1.48. The van der Waals surface area contributed by atoms with Crippen LogP contribution in [0.15, 0.2) is 48.5 Å². The number of aromatic nitrogens is 1. The first-order chi connectivity index (χ1) is 13.5. The molecule has 0 aliphatic heterocycles. The molecule has 7 nitrogen and oxygen atoms in total. The van der Waals surface area contributed by atoms with Gasteiger partial charge in [0.15, 0.2) is 6.10 Å². The molecule has 146 valence electrons. The number of amides is 1. The lowest BCUT2D eigenvalue weighted by molar-refractivity contribution is -0.157. The number of fused-ring (bicyclic) bond motifs is 1. The maximum absolute atomic E-state index is 12.1. The van der Waals surface area contributed by atoms with Gasteiger partial charge in [0.1, 0.15) is 17.4 Å². The molecule has 1 amide bonds. The number of anilines is 1. The van der Waals surface area contributed by atoms with E-state index in [4.69, 9.17) is 14.2 Å². The van der Waals surface area contributed by atoms with Crippen LogP contribution < -0.4 is 10.1 Å². The molecule has 2 aromatic carbocycles. The molecule has 0 spiro atoms. The number of rotatable bonds is 8. The van der Waals surface area contributed by atoms with Gasteiger partial charge in [0.05, 0.1) is 23.9 Å². The van der Waals surface area contributed by atoms with Crippen molar-refractivity contribution in [3.05, 3.63) is 53.5 Å². The minimum absolute atomic E-state index is 0.209.